The zero-order chi connectivity index (χ0) is 14.7. The largest absolute Gasteiger partial charge is 0.493 e. The molecule has 0 spiro atoms. The van der Waals surface area contributed by atoms with Gasteiger partial charge in [0.25, 0.3) is 0 Å². The van der Waals surface area contributed by atoms with Crippen LogP contribution in [0.4, 0.5) is 0 Å². The molecule has 0 fully saturated rings. The predicted octanol–water partition coefficient (Wildman–Crippen LogP) is 4.10. The van der Waals surface area contributed by atoms with Crippen molar-refractivity contribution >= 4 is 0 Å². The van der Waals surface area contributed by atoms with E-state index in [2.05, 4.69) is 55.6 Å². The third-order valence-corrected chi connectivity index (χ3v) is 4.10. The van der Waals surface area contributed by atoms with E-state index in [0.29, 0.717) is 0 Å². The molecule has 2 aromatic rings. The van der Waals surface area contributed by atoms with E-state index in [1.54, 1.807) is 0 Å². The minimum atomic E-state index is 0.851. The first kappa shape index (κ1) is 14.2. The standard InChI is InChI=1S/C19H23NO/c1-3-20-13-15-7-6-14(2)18(11-15)16-8-9-19-17(12-16)5-4-10-21-19/h6-9,11-12,20H,3-5,10,13H2,1-2H3. The van der Waals surface area contributed by atoms with Gasteiger partial charge in [-0.15, -0.1) is 0 Å². The molecule has 2 nitrogen and oxygen atoms in total. The normalized spacial score (nSPS) is 13.6. The maximum atomic E-state index is 5.71. The first-order valence-corrected chi connectivity index (χ1v) is 7.84. The maximum absolute atomic E-state index is 5.71. The Morgan fingerprint density at radius 2 is 2.05 bits per heavy atom. The first-order valence-electron chi connectivity index (χ1n) is 7.84. The summed E-state index contributed by atoms with van der Waals surface area (Å²) in [7, 11) is 0. The van der Waals surface area contributed by atoms with Gasteiger partial charge in [-0.3, -0.25) is 0 Å². The van der Waals surface area contributed by atoms with E-state index in [-0.39, 0.29) is 0 Å². The summed E-state index contributed by atoms with van der Waals surface area (Å²) in [5, 5.41) is 3.39. The van der Waals surface area contributed by atoms with E-state index in [1.807, 2.05) is 0 Å². The molecule has 0 saturated carbocycles. The Hall–Kier alpha value is -1.80. The fraction of sp³-hybridized carbons (Fsp3) is 0.368. The Labute approximate surface area is 127 Å². The molecule has 0 atom stereocenters. The fourth-order valence-electron chi connectivity index (χ4n) is 2.89. The average molecular weight is 281 g/mol. The van der Waals surface area contributed by atoms with Gasteiger partial charge in [-0.25, -0.2) is 0 Å². The van der Waals surface area contributed by atoms with Gasteiger partial charge in [0.1, 0.15) is 5.75 Å². The summed E-state index contributed by atoms with van der Waals surface area (Å²) in [6.07, 6.45) is 2.25. The highest BCUT2D eigenvalue weighted by Crippen LogP contribution is 2.32. The SMILES string of the molecule is CCNCc1ccc(C)c(-c2ccc3c(c2)CCCO3)c1. The molecule has 0 unspecified atom stereocenters. The highest BCUT2D eigenvalue weighted by atomic mass is 16.5. The van der Waals surface area contributed by atoms with Crippen LogP contribution in [0.5, 0.6) is 5.75 Å². The molecule has 0 saturated heterocycles. The van der Waals surface area contributed by atoms with E-state index in [0.717, 1.165) is 38.3 Å². The Morgan fingerprint density at radius 1 is 1.14 bits per heavy atom. The summed E-state index contributed by atoms with van der Waals surface area (Å²) in [5.41, 5.74) is 6.64. The lowest BCUT2D eigenvalue weighted by Crippen LogP contribution is -2.11. The van der Waals surface area contributed by atoms with Crippen LogP contribution in [0.3, 0.4) is 0 Å². The maximum Gasteiger partial charge on any atom is 0.122 e. The highest BCUT2D eigenvalue weighted by Gasteiger charge is 2.12. The van der Waals surface area contributed by atoms with Gasteiger partial charge < -0.3 is 10.1 Å². The van der Waals surface area contributed by atoms with Crippen LogP contribution in [-0.2, 0) is 13.0 Å². The molecule has 21 heavy (non-hydrogen) atoms. The van der Waals surface area contributed by atoms with Crippen molar-refractivity contribution in [1.29, 1.82) is 0 Å². The van der Waals surface area contributed by atoms with E-state index < -0.39 is 0 Å². The molecule has 1 aliphatic heterocycles. The van der Waals surface area contributed by atoms with Crippen LogP contribution in [0, 0.1) is 6.92 Å². The number of ether oxygens (including phenoxy) is 1. The third kappa shape index (κ3) is 3.11. The number of hydrogen-bond acceptors (Lipinski definition) is 2. The zero-order valence-electron chi connectivity index (χ0n) is 12.9. The van der Waals surface area contributed by atoms with Crippen LogP contribution < -0.4 is 10.1 Å². The lowest BCUT2D eigenvalue weighted by molar-refractivity contribution is 0.288. The van der Waals surface area contributed by atoms with Crippen molar-refractivity contribution < 1.29 is 4.74 Å². The van der Waals surface area contributed by atoms with Gasteiger partial charge in [0.05, 0.1) is 6.61 Å². The number of aryl methyl sites for hydroxylation is 2. The first-order chi connectivity index (χ1) is 10.3. The summed E-state index contributed by atoms with van der Waals surface area (Å²) in [4.78, 5) is 0. The summed E-state index contributed by atoms with van der Waals surface area (Å²) in [6.45, 7) is 7.10. The second-order valence-corrected chi connectivity index (χ2v) is 5.70. The van der Waals surface area contributed by atoms with Gasteiger partial charge in [-0.2, -0.15) is 0 Å². The molecule has 110 valence electrons. The van der Waals surface area contributed by atoms with E-state index in [9.17, 15) is 0 Å². The van der Waals surface area contributed by atoms with Crippen LogP contribution in [0.25, 0.3) is 11.1 Å². The van der Waals surface area contributed by atoms with Crippen LogP contribution in [-0.4, -0.2) is 13.2 Å². The van der Waals surface area contributed by atoms with Gasteiger partial charge in [0.2, 0.25) is 0 Å². The molecule has 0 aliphatic carbocycles. The van der Waals surface area contributed by atoms with Crippen molar-refractivity contribution in [3.05, 3.63) is 53.1 Å². The molecular weight excluding hydrogens is 258 g/mol. The quantitative estimate of drug-likeness (QED) is 0.911. The molecule has 1 aliphatic rings. The molecule has 0 bridgehead atoms. The summed E-state index contributed by atoms with van der Waals surface area (Å²) in [5.74, 6) is 1.06. The molecule has 1 heterocycles. The molecule has 2 aromatic carbocycles. The van der Waals surface area contributed by atoms with Crippen molar-refractivity contribution in [3.8, 4) is 16.9 Å². The van der Waals surface area contributed by atoms with Crippen LogP contribution in [0.15, 0.2) is 36.4 Å². The smallest absolute Gasteiger partial charge is 0.122 e. The summed E-state index contributed by atoms with van der Waals surface area (Å²) in [6, 6.07) is 13.3. The number of benzene rings is 2. The minimum absolute atomic E-state index is 0.851. The molecule has 0 radical (unpaired) electrons. The number of rotatable bonds is 4. The van der Waals surface area contributed by atoms with Crippen molar-refractivity contribution in [2.24, 2.45) is 0 Å². The molecule has 1 N–H and O–H groups in total. The molecule has 0 amide bonds. The Kier molecular flexibility index (Phi) is 4.26. The van der Waals surface area contributed by atoms with Gasteiger partial charge in [-0.1, -0.05) is 25.1 Å². The zero-order valence-corrected chi connectivity index (χ0v) is 12.9. The molecule has 3 rings (SSSR count). The third-order valence-electron chi connectivity index (χ3n) is 4.10. The predicted molar refractivity (Wildman–Crippen MR) is 87.8 cm³/mol. The second kappa shape index (κ2) is 6.31. The summed E-state index contributed by atoms with van der Waals surface area (Å²) < 4.78 is 5.71. The van der Waals surface area contributed by atoms with Gasteiger partial charge >= 0.3 is 0 Å². The van der Waals surface area contributed by atoms with Crippen molar-refractivity contribution in [1.82, 2.24) is 5.32 Å². The molecule has 0 aromatic heterocycles. The number of nitrogens with one attached hydrogen (secondary N) is 1. The lowest BCUT2D eigenvalue weighted by atomic mass is 9.95. The van der Waals surface area contributed by atoms with Gasteiger partial charge in [0, 0.05) is 6.54 Å². The van der Waals surface area contributed by atoms with Crippen LogP contribution in [0.1, 0.15) is 30.0 Å². The average Bonchev–Trinajstić information content (AvgIpc) is 2.53. The number of fused-ring (bicyclic) bond motifs is 1. The highest BCUT2D eigenvalue weighted by molar-refractivity contribution is 5.70. The monoisotopic (exact) mass is 281 g/mol. The second-order valence-electron chi connectivity index (χ2n) is 5.70. The number of hydrogen-bond donors (Lipinski definition) is 1. The topological polar surface area (TPSA) is 21.3 Å². The molecule has 2 heteroatoms. The van der Waals surface area contributed by atoms with E-state index in [1.165, 1.54) is 27.8 Å². The Morgan fingerprint density at radius 3 is 2.90 bits per heavy atom. The minimum Gasteiger partial charge on any atom is -0.493 e. The van der Waals surface area contributed by atoms with Gasteiger partial charge in [-0.05, 0) is 72.3 Å². The lowest BCUT2D eigenvalue weighted by Gasteiger charge is -2.18. The van der Waals surface area contributed by atoms with Crippen LogP contribution >= 0.6 is 0 Å². The van der Waals surface area contributed by atoms with Crippen molar-refractivity contribution in [3.63, 3.8) is 0 Å². The van der Waals surface area contributed by atoms with Crippen molar-refractivity contribution in [2.75, 3.05) is 13.2 Å². The summed E-state index contributed by atoms with van der Waals surface area (Å²) >= 11 is 0. The fourth-order valence-corrected chi connectivity index (χ4v) is 2.89. The Bertz CT molecular complexity index is 633. The van der Waals surface area contributed by atoms with Gasteiger partial charge in [0.15, 0.2) is 0 Å². The van der Waals surface area contributed by atoms with E-state index >= 15 is 0 Å². The molecular formula is C19H23NO. The Balaban J connectivity index is 1.95. The van der Waals surface area contributed by atoms with E-state index in [4.69, 9.17) is 4.74 Å². The van der Waals surface area contributed by atoms with Crippen molar-refractivity contribution in [2.45, 2.75) is 33.2 Å². The van der Waals surface area contributed by atoms with Crippen LogP contribution in [0.2, 0.25) is 0 Å².